The molecule has 3 aromatic heterocycles. The van der Waals surface area contributed by atoms with Crippen molar-refractivity contribution in [3.05, 3.63) is 56.2 Å². The number of aryl methyl sites for hydroxylation is 1. The van der Waals surface area contributed by atoms with Crippen molar-refractivity contribution in [1.82, 2.24) is 24.6 Å². The molecule has 0 amide bonds. The van der Waals surface area contributed by atoms with E-state index in [0.29, 0.717) is 30.2 Å². The van der Waals surface area contributed by atoms with Crippen molar-refractivity contribution >= 4 is 17.3 Å². The predicted octanol–water partition coefficient (Wildman–Crippen LogP) is 2.51. The Kier molecular flexibility index (Phi) is 5.16. The molecule has 1 fully saturated rings. The van der Waals surface area contributed by atoms with Crippen molar-refractivity contribution in [2.24, 2.45) is 5.92 Å². The molecule has 0 aromatic carbocycles. The molecule has 2 aliphatic rings. The standard InChI is InChI=1S/C21H26N6O2S/c1-3-19-23-21(24-29-19)26-7-14-6-16(10-26)18-5-4-15(20(28)27(18)8-14)9-25(2)11-17-12-30-13-22-17/h4-5,12-14,16H,3,6-11H2,1-2H3/t14-,16+/m0/s1. The van der Waals surface area contributed by atoms with Gasteiger partial charge in [0, 0.05) is 61.7 Å². The van der Waals surface area contributed by atoms with Crippen LogP contribution in [-0.2, 0) is 26.1 Å². The van der Waals surface area contributed by atoms with Gasteiger partial charge in [-0.05, 0) is 30.6 Å². The summed E-state index contributed by atoms with van der Waals surface area (Å²) in [5.74, 6) is 2.08. The minimum absolute atomic E-state index is 0.147. The summed E-state index contributed by atoms with van der Waals surface area (Å²) in [7, 11) is 2.03. The number of hydrogen-bond acceptors (Lipinski definition) is 8. The van der Waals surface area contributed by atoms with Crippen molar-refractivity contribution in [2.75, 3.05) is 25.0 Å². The summed E-state index contributed by atoms with van der Waals surface area (Å²) in [5.41, 5.74) is 5.01. The Bertz CT molecular complexity index is 1080. The molecule has 0 N–H and O–H groups in total. The summed E-state index contributed by atoms with van der Waals surface area (Å²) in [4.78, 5) is 26.4. The molecule has 5 heterocycles. The van der Waals surface area contributed by atoms with Crippen molar-refractivity contribution in [2.45, 2.75) is 45.3 Å². The van der Waals surface area contributed by atoms with Gasteiger partial charge in [-0.2, -0.15) is 4.98 Å². The fraction of sp³-hybridized carbons (Fsp3) is 0.524. The summed E-state index contributed by atoms with van der Waals surface area (Å²) in [6.07, 6.45) is 1.85. The third-order valence-corrected chi connectivity index (χ3v) is 6.72. The molecule has 2 atom stereocenters. The van der Waals surface area contributed by atoms with Crippen molar-refractivity contribution in [3.63, 3.8) is 0 Å². The van der Waals surface area contributed by atoms with Gasteiger partial charge < -0.3 is 14.0 Å². The van der Waals surface area contributed by atoms with Gasteiger partial charge in [0.05, 0.1) is 11.2 Å². The maximum atomic E-state index is 13.2. The molecule has 0 saturated carbocycles. The highest BCUT2D eigenvalue weighted by Gasteiger charge is 2.36. The number of pyridine rings is 1. The van der Waals surface area contributed by atoms with Crippen LogP contribution in [0, 0.1) is 5.92 Å². The highest BCUT2D eigenvalue weighted by atomic mass is 32.1. The minimum Gasteiger partial charge on any atom is -0.337 e. The van der Waals surface area contributed by atoms with E-state index >= 15 is 0 Å². The highest BCUT2D eigenvalue weighted by molar-refractivity contribution is 7.07. The first-order valence-corrected chi connectivity index (χ1v) is 11.4. The Labute approximate surface area is 179 Å². The number of aromatic nitrogens is 4. The smallest absolute Gasteiger partial charge is 0.266 e. The zero-order chi connectivity index (χ0) is 20.7. The molecule has 3 aromatic rings. The van der Waals surface area contributed by atoms with Gasteiger partial charge in [-0.1, -0.05) is 13.0 Å². The second-order valence-electron chi connectivity index (χ2n) is 8.40. The van der Waals surface area contributed by atoms with Crippen LogP contribution in [-0.4, -0.2) is 44.7 Å². The molecule has 30 heavy (non-hydrogen) atoms. The topological polar surface area (TPSA) is 80.3 Å². The van der Waals surface area contributed by atoms with Crippen LogP contribution in [0.3, 0.4) is 0 Å². The van der Waals surface area contributed by atoms with Crippen LogP contribution in [0.1, 0.15) is 42.1 Å². The average Bonchev–Trinajstić information content (AvgIpc) is 3.42. The summed E-state index contributed by atoms with van der Waals surface area (Å²) in [6, 6.07) is 4.15. The molecule has 0 spiro atoms. The molecular weight excluding hydrogens is 400 g/mol. The van der Waals surface area contributed by atoms with Gasteiger partial charge in [-0.15, -0.1) is 11.3 Å². The van der Waals surface area contributed by atoms with Gasteiger partial charge in [-0.25, -0.2) is 4.98 Å². The number of thiazole rings is 1. The van der Waals surface area contributed by atoms with Gasteiger partial charge >= 0.3 is 0 Å². The quantitative estimate of drug-likeness (QED) is 0.599. The number of rotatable bonds is 6. The fourth-order valence-corrected chi connectivity index (χ4v) is 5.28. The first-order chi connectivity index (χ1) is 14.6. The summed E-state index contributed by atoms with van der Waals surface area (Å²) in [6.45, 7) is 5.82. The van der Waals surface area contributed by atoms with Crippen LogP contribution in [0.15, 0.2) is 32.3 Å². The Morgan fingerprint density at radius 2 is 2.17 bits per heavy atom. The maximum Gasteiger partial charge on any atom is 0.266 e. The Hall–Kier alpha value is -2.52. The largest absolute Gasteiger partial charge is 0.337 e. The van der Waals surface area contributed by atoms with E-state index in [9.17, 15) is 4.79 Å². The van der Waals surface area contributed by atoms with E-state index < -0.39 is 0 Å². The van der Waals surface area contributed by atoms with E-state index in [4.69, 9.17) is 4.52 Å². The molecule has 9 heteroatoms. The summed E-state index contributed by atoms with van der Waals surface area (Å²) >= 11 is 1.60. The van der Waals surface area contributed by atoms with Gasteiger partial charge in [0.1, 0.15) is 0 Å². The van der Waals surface area contributed by atoms with E-state index in [2.05, 4.69) is 36.4 Å². The lowest BCUT2D eigenvalue weighted by molar-refractivity contribution is 0.273. The van der Waals surface area contributed by atoms with Crippen LogP contribution in [0.5, 0.6) is 0 Å². The van der Waals surface area contributed by atoms with E-state index in [0.717, 1.165) is 56.0 Å². The molecule has 8 nitrogen and oxygen atoms in total. The fourth-order valence-electron chi connectivity index (χ4n) is 4.73. The van der Waals surface area contributed by atoms with Crippen LogP contribution >= 0.6 is 11.3 Å². The molecule has 0 unspecified atom stereocenters. The Morgan fingerprint density at radius 1 is 1.27 bits per heavy atom. The van der Waals surface area contributed by atoms with Crippen molar-refractivity contribution in [3.8, 4) is 0 Å². The van der Waals surface area contributed by atoms with E-state index in [1.54, 1.807) is 11.3 Å². The van der Waals surface area contributed by atoms with E-state index in [1.165, 1.54) is 0 Å². The number of anilines is 1. The van der Waals surface area contributed by atoms with Crippen molar-refractivity contribution in [1.29, 1.82) is 0 Å². The van der Waals surface area contributed by atoms with Gasteiger partial charge in [-0.3, -0.25) is 9.69 Å². The van der Waals surface area contributed by atoms with Crippen molar-refractivity contribution < 1.29 is 4.52 Å². The normalized spacial score (nSPS) is 20.6. The zero-order valence-corrected chi connectivity index (χ0v) is 18.1. The lowest BCUT2D eigenvalue weighted by atomic mass is 9.83. The predicted molar refractivity (Wildman–Crippen MR) is 115 cm³/mol. The maximum absolute atomic E-state index is 13.2. The van der Waals surface area contributed by atoms with Gasteiger partial charge in [0.15, 0.2) is 0 Å². The summed E-state index contributed by atoms with van der Waals surface area (Å²) < 4.78 is 7.31. The highest BCUT2D eigenvalue weighted by Crippen LogP contribution is 2.36. The molecule has 2 aliphatic heterocycles. The average molecular weight is 427 g/mol. The molecular formula is C21H26N6O2S. The number of fused-ring (bicyclic) bond motifs is 4. The molecule has 2 bridgehead atoms. The molecule has 1 saturated heterocycles. The molecule has 0 aliphatic carbocycles. The second-order valence-corrected chi connectivity index (χ2v) is 9.12. The number of hydrogen-bond donors (Lipinski definition) is 0. The Balaban J connectivity index is 1.35. The van der Waals surface area contributed by atoms with Crippen LogP contribution in [0.25, 0.3) is 0 Å². The van der Waals surface area contributed by atoms with Crippen LogP contribution < -0.4 is 10.5 Å². The van der Waals surface area contributed by atoms with Crippen LogP contribution in [0.4, 0.5) is 5.95 Å². The van der Waals surface area contributed by atoms with E-state index in [-0.39, 0.29) is 5.56 Å². The third-order valence-electron chi connectivity index (χ3n) is 6.08. The van der Waals surface area contributed by atoms with Gasteiger partial charge in [0.25, 0.3) is 11.5 Å². The second kappa shape index (κ2) is 7.96. The lowest BCUT2D eigenvalue weighted by Crippen LogP contribution is -2.48. The molecule has 158 valence electrons. The molecule has 5 rings (SSSR count). The minimum atomic E-state index is 0.147. The zero-order valence-electron chi connectivity index (χ0n) is 17.3. The summed E-state index contributed by atoms with van der Waals surface area (Å²) in [5, 5.41) is 6.20. The number of nitrogens with zero attached hydrogens (tertiary/aromatic N) is 6. The third kappa shape index (κ3) is 3.67. The monoisotopic (exact) mass is 426 g/mol. The molecule has 0 radical (unpaired) electrons. The van der Waals surface area contributed by atoms with E-state index in [1.807, 2.05) is 30.1 Å². The Morgan fingerprint density at radius 3 is 2.93 bits per heavy atom. The van der Waals surface area contributed by atoms with Crippen LogP contribution in [0.2, 0.25) is 0 Å². The SMILES string of the molecule is CCc1nc(N2C[C@@H]3C[C@H](C2)c2ccc(CN(C)Cc4cscn4)c(=O)n2C3)no1. The number of piperidine rings is 1. The first kappa shape index (κ1) is 19.4. The van der Waals surface area contributed by atoms with Gasteiger partial charge in [0.2, 0.25) is 5.89 Å². The first-order valence-electron chi connectivity index (χ1n) is 10.5. The lowest BCUT2D eigenvalue weighted by Gasteiger charge is -2.42.